The van der Waals surface area contributed by atoms with Crippen LogP contribution < -0.4 is 15.5 Å². The van der Waals surface area contributed by atoms with Crippen molar-refractivity contribution in [1.29, 1.82) is 0 Å². The standard InChI is InChI=1S/C25H24Cl2FN3O2/c1-16(2)17-3-8-20(9-4-17)30-25(33)29-13-14-31(21-10-6-19(28)7-11-21)24(32)22-12-5-18(26)15-23(22)27/h3-12,15-16H,13-14H2,1-2H3,(H2,29,30,33). The number of nitrogens with one attached hydrogen (secondary N) is 2. The van der Waals surface area contributed by atoms with E-state index in [0.29, 0.717) is 22.3 Å². The van der Waals surface area contributed by atoms with Crippen molar-refractivity contribution in [2.24, 2.45) is 0 Å². The van der Waals surface area contributed by atoms with Crippen LogP contribution in [0.15, 0.2) is 66.7 Å². The zero-order chi connectivity index (χ0) is 24.0. The number of hydrogen-bond acceptors (Lipinski definition) is 2. The van der Waals surface area contributed by atoms with E-state index in [0.717, 1.165) is 0 Å². The molecule has 172 valence electrons. The molecular formula is C25H24Cl2FN3O2. The van der Waals surface area contributed by atoms with Gasteiger partial charge in [-0.15, -0.1) is 0 Å². The molecule has 0 atom stereocenters. The maximum Gasteiger partial charge on any atom is 0.319 e. The van der Waals surface area contributed by atoms with E-state index in [-0.39, 0.29) is 23.7 Å². The van der Waals surface area contributed by atoms with Crippen LogP contribution in [0.2, 0.25) is 10.0 Å². The van der Waals surface area contributed by atoms with Crippen LogP contribution in [-0.4, -0.2) is 25.0 Å². The molecule has 2 N–H and O–H groups in total. The number of hydrogen-bond donors (Lipinski definition) is 2. The van der Waals surface area contributed by atoms with Crippen LogP contribution in [0.5, 0.6) is 0 Å². The highest BCUT2D eigenvalue weighted by Gasteiger charge is 2.20. The predicted molar refractivity (Wildman–Crippen MR) is 132 cm³/mol. The lowest BCUT2D eigenvalue weighted by Gasteiger charge is -2.24. The number of carbonyl (C=O) groups excluding carboxylic acids is 2. The number of amides is 3. The van der Waals surface area contributed by atoms with Gasteiger partial charge in [-0.05, 0) is 66.1 Å². The van der Waals surface area contributed by atoms with Gasteiger partial charge in [0.05, 0.1) is 10.6 Å². The Hall–Kier alpha value is -3.09. The molecule has 0 aliphatic heterocycles. The maximum absolute atomic E-state index is 13.4. The molecular weight excluding hydrogens is 464 g/mol. The van der Waals surface area contributed by atoms with Gasteiger partial charge in [-0.1, -0.05) is 49.2 Å². The average molecular weight is 488 g/mol. The fourth-order valence-corrected chi connectivity index (χ4v) is 3.67. The molecule has 0 heterocycles. The minimum atomic E-state index is -0.420. The lowest BCUT2D eigenvalue weighted by Crippen LogP contribution is -2.40. The molecule has 0 fully saturated rings. The van der Waals surface area contributed by atoms with E-state index in [1.807, 2.05) is 24.3 Å². The first kappa shape index (κ1) is 24.6. The van der Waals surface area contributed by atoms with E-state index in [9.17, 15) is 14.0 Å². The summed E-state index contributed by atoms with van der Waals surface area (Å²) in [6, 6.07) is 17.3. The van der Waals surface area contributed by atoms with E-state index >= 15 is 0 Å². The molecule has 0 bridgehead atoms. The number of rotatable bonds is 7. The van der Waals surface area contributed by atoms with E-state index in [1.165, 1.54) is 46.9 Å². The molecule has 0 saturated carbocycles. The fraction of sp³-hybridized carbons (Fsp3) is 0.200. The molecule has 5 nitrogen and oxygen atoms in total. The van der Waals surface area contributed by atoms with Crippen molar-refractivity contribution < 1.29 is 14.0 Å². The molecule has 3 aromatic rings. The third-order valence-electron chi connectivity index (χ3n) is 5.00. The number of nitrogens with zero attached hydrogens (tertiary/aromatic N) is 1. The first-order valence-electron chi connectivity index (χ1n) is 10.4. The minimum Gasteiger partial charge on any atom is -0.336 e. The molecule has 3 aromatic carbocycles. The molecule has 33 heavy (non-hydrogen) atoms. The monoisotopic (exact) mass is 487 g/mol. The van der Waals surface area contributed by atoms with Crippen molar-refractivity contribution in [2.45, 2.75) is 19.8 Å². The summed E-state index contributed by atoms with van der Waals surface area (Å²) in [5, 5.41) is 6.12. The summed E-state index contributed by atoms with van der Waals surface area (Å²) in [5.74, 6) is -0.413. The second kappa shape index (κ2) is 11.2. The molecule has 0 aliphatic carbocycles. The molecule has 3 rings (SSSR count). The highest BCUT2D eigenvalue weighted by molar-refractivity contribution is 6.37. The van der Waals surface area contributed by atoms with Crippen molar-refractivity contribution in [3.8, 4) is 0 Å². The van der Waals surface area contributed by atoms with Gasteiger partial charge in [0, 0.05) is 29.5 Å². The highest BCUT2D eigenvalue weighted by Crippen LogP contribution is 2.25. The Bertz CT molecular complexity index is 1120. The van der Waals surface area contributed by atoms with Crippen LogP contribution >= 0.6 is 23.2 Å². The number of benzene rings is 3. The second-order valence-electron chi connectivity index (χ2n) is 7.71. The third kappa shape index (κ3) is 6.70. The Morgan fingerprint density at radius 3 is 2.24 bits per heavy atom. The van der Waals surface area contributed by atoms with E-state index in [2.05, 4.69) is 24.5 Å². The Morgan fingerprint density at radius 2 is 1.64 bits per heavy atom. The van der Waals surface area contributed by atoms with Gasteiger partial charge in [0.2, 0.25) is 0 Å². The molecule has 0 unspecified atom stereocenters. The van der Waals surface area contributed by atoms with Crippen LogP contribution in [0, 0.1) is 5.82 Å². The fourth-order valence-electron chi connectivity index (χ4n) is 3.19. The Balaban J connectivity index is 1.68. The summed E-state index contributed by atoms with van der Waals surface area (Å²) in [6.45, 7) is 4.49. The Labute approximate surface area is 202 Å². The summed E-state index contributed by atoms with van der Waals surface area (Å²) in [6.07, 6.45) is 0. The molecule has 0 radical (unpaired) electrons. The molecule has 8 heteroatoms. The summed E-state index contributed by atoms with van der Waals surface area (Å²) in [7, 11) is 0. The van der Waals surface area contributed by atoms with Crippen molar-refractivity contribution in [3.63, 3.8) is 0 Å². The van der Waals surface area contributed by atoms with Gasteiger partial charge in [-0.25, -0.2) is 9.18 Å². The summed E-state index contributed by atoms with van der Waals surface area (Å²) < 4.78 is 13.4. The smallest absolute Gasteiger partial charge is 0.319 e. The van der Waals surface area contributed by atoms with E-state index < -0.39 is 17.8 Å². The largest absolute Gasteiger partial charge is 0.336 e. The lowest BCUT2D eigenvalue weighted by molar-refractivity contribution is 0.0987. The summed E-state index contributed by atoms with van der Waals surface area (Å²) >= 11 is 12.2. The topological polar surface area (TPSA) is 61.4 Å². The van der Waals surface area contributed by atoms with Crippen molar-refractivity contribution in [2.75, 3.05) is 23.3 Å². The second-order valence-corrected chi connectivity index (χ2v) is 8.56. The van der Waals surface area contributed by atoms with Crippen LogP contribution in [-0.2, 0) is 0 Å². The minimum absolute atomic E-state index is 0.142. The van der Waals surface area contributed by atoms with Crippen molar-refractivity contribution >= 4 is 46.5 Å². The summed E-state index contributed by atoms with van der Waals surface area (Å²) in [5.41, 5.74) is 2.56. The quantitative estimate of drug-likeness (QED) is 0.388. The van der Waals surface area contributed by atoms with Gasteiger partial charge in [0.15, 0.2) is 0 Å². The average Bonchev–Trinajstić information content (AvgIpc) is 2.77. The number of anilines is 2. The van der Waals surface area contributed by atoms with E-state index in [1.54, 1.807) is 6.07 Å². The zero-order valence-corrected chi connectivity index (χ0v) is 19.8. The Morgan fingerprint density at radius 1 is 0.970 bits per heavy atom. The van der Waals surface area contributed by atoms with Gasteiger partial charge >= 0.3 is 6.03 Å². The first-order chi connectivity index (χ1) is 15.7. The van der Waals surface area contributed by atoms with Crippen molar-refractivity contribution in [1.82, 2.24) is 5.32 Å². The summed E-state index contributed by atoms with van der Waals surface area (Å²) in [4.78, 5) is 26.9. The SMILES string of the molecule is CC(C)c1ccc(NC(=O)NCCN(C(=O)c2ccc(Cl)cc2Cl)c2ccc(F)cc2)cc1. The van der Waals surface area contributed by atoms with Crippen LogP contribution in [0.4, 0.5) is 20.6 Å². The van der Waals surface area contributed by atoms with Crippen LogP contribution in [0.3, 0.4) is 0 Å². The number of carbonyl (C=O) groups is 2. The maximum atomic E-state index is 13.4. The molecule has 0 aromatic heterocycles. The molecule has 0 aliphatic rings. The van der Waals surface area contributed by atoms with Crippen LogP contribution in [0.1, 0.15) is 35.7 Å². The van der Waals surface area contributed by atoms with Crippen LogP contribution in [0.25, 0.3) is 0 Å². The first-order valence-corrected chi connectivity index (χ1v) is 11.2. The Kier molecular flexibility index (Phi) is 8.31. The van der Waals surface area contributed by atoms with Gasteiger partial charge in [-0.3, -0.25) is 4.79 Å². The van der Waals surface area contributed by atoms with Gasteiger partial charge < -0.3 is 15.5 Å². The third-order valence-corrected chi connectivity index (χ3v) is 5.55. The normalized spacial score (nSPS) is 10.7. The zero-order valence-electron chi connectivity index (χ0n) is 18.2. The highest BCUT2D eigenvalue weighted by atomic mass is 35.5. The van der Waals surface area contributed by atoms with Gasteiger partial charge in [-0.2, -0.15) is 0 Å². The molecule has 0 spiro atoms. The number of halogens is 3. The molecule has 3 amide bonds. The lowest BCUT2D eigenvalue weighted by atomic mass is 10.0. The molecule has 0 saturated heterocycles. The number of urea groups is 1. The van der Waals surface area contributed by atoms with Gasteiger partial charge in [0.1, 0.15) is 5.82 Å². The van der Waals surface area contributed by atoms with Crippen molar-refractivity contribution in [3.05, 3.63) is 93.7 Å². The van der Waals surface area contributed by atoms with E-state index in [4.69, 9.17) is 23.2 Å². The van der Waals surface area contributed by atoms with Gasteiger partial charge in [0.25, 0.3) is 5.91 Å². The predicted octanol–water partition coefficient (Wildman–Crippen LogP) is 6.72.